The van der Waals surface area contributed by atoms with Crippen molar-refractivity contribution < 1.29 is 24.2 Å². The number of hydrogen-bond acceptors (Lipinski definition) is 5. The maximum Gasteiger partial charge on any atom is 0.220 e. The van der Waals surface area contributed by atoms with Crippen molar-refractivity contribution in [2.75, 3.05) is 20.3 Å². The molecule has 166 valence electrons. The Hall–Kier alpha value is -3.06. The number of rotatable bonds is 11. The van der Waals surface area contributed by atoms with Crippen LogP contribution in [0.4, 0.5) is 0 Å². The Labute approximate surface area is 182 Å². The third-order valence-electron chi connectivity index (χ3n) is 5.47. The van der Waals surface area contributed by atoms with Crippen LogP contribution in [0.2, 0.25) is 0 Å². The molecule has 3 N–H and O–H groups in total. The molecular formula is C24H30N2O5. The van der Waals surface area contributed by atoms with Crippen molar-refractivity contribution in [3.63, 3.8) is 0 Å². The van der Waals surface area contributed by atoms with E-state index < -0.39 is 11.6 Å². The van der Waals surface area contributed by atoms with Gasteiger partial charge in [0.25, 0.3) is 0 Å². The van der Waals surface area contributed by atoms with Crippen molar-refractivity contribution in [1.82, 2.24) is 10.6 Å². The molecule has 2 aromatic rings. The number of hydrogen-bond donors (Lipinski definition) is 3. The second-order valence-corrected chi connectivity index (χ2v) is 7.94. The molecule has 0 saturated carbocycles. The van der Waals surface area contributed by atoms with Crippen LogP contribution in [0.25, 0.3) is 0 Å². The summed E-state index contributed by atoms with van der Waals surface area (Å²) in [5, 5.41) is 16.0. The summed E-state index contributed by atoms with van der Waals surface area (Å²) in [7, 11) is 1.57. The summed E-state index contributed by atoms with van der Waals surface area (Å²) in [4.78, 5) is 24.2. The Morgan fingerprint density at radius 1 is 1.19 bits per heavy atom. The van der Waals surface area contributed by atoms with Crippen molar-refractivity contribution in [3.8, 4) is 11.5 Å². The van der Waals surface area contributed by atoms with Crippen LogP contribution < -0.4 is 20.1 Å². The molecule has 2 aromatic carbocycles. The van der Waals surface area contributed by atoms with Crippen molar-refractivity contribution in [3.05, 3.63) is 60.2 Å². The van der Waals surface area contributed by atoms with Gasteiger partial charge in [0.2, 0.25) is 11.8 Å². The Morgan fingerprint density at radius 2 is 1.97 bits per heavy atom. The van der Waals surface area contributed by atoms with Crippen LogP contribution in [0, 0.1) is 0 Å². The maximum absolute atomic E-state index is 12.3. The molecule has 1 fully saturated rings. The van der Waals surface area contributed by atoms with E-state index in [1.54, 1.807) is 31.4 Å². The molecule has 0 bridgehead atoms. The lowest BCUT2D eigenvalue weighted by molar-refractivity contribution is -0.123. The van der Waals surface area contributed by atoms with E-state index in [0.29, 0.717) is 37.2 Å². The largest absolute Gasteiger partial charge is 0.497 e. The van der Waals surface area contributed by atoms with Gasteiger partial charge in [-0.05, 0) is 37.0 Å². The van der Waals surface area contributed by atoms with Crippen LogP contribution in [0.5, 0.6) is 11.5 Å². The minimum absolute atomic E-state index is 0.0291. The minimum atomic E-state index is -0.834. The number of nitrogens with one attached hydrogen (secondary N) is 2. The molecule has 7 nitrogen and oxygen atoms in total. The van der Waals surface area contributed by atoms with Crippen LogP contribution in [0.15, 0.2) is 54.6 Å². The average molecular weight is 427 g/mol. The second kappa shape index (κ2) is 10.8. The normalized spacial score (nSPS) is 18.8. The van der Waals surface area contributed by atoms with E-state index in [4.69, 9.17) is 9.47 Å². The quantitative estimate of drug-likeness (QED) is 0.512. The SMILES string of the molecule is COc1cccc(OC[C@H](O)CNC(=O)CC[C@@]2(Cc3ccccc3)CCC(=O)N2)c1. The molecule has 31 heavy (non-hydrogen) atoms. The highest BCUT2D eigenvalue weighted by atomic mass is 16.5. The zero-order chi connectivity index (χ0) is 22.1. The van der Waals surface area contributed by atoms with Gasteiger partial charge in [-0.25, -0.2) is 0 Å². The van der Waals surface area contributed by atoms with Gasteiger partial charge in [-0.2, -0.15) is 0 Å². The first-order valence-corrected chi connectivity index (χ1v) is 10.5. The third kappa shape index (κ3) is 7.00. The zero-order valence-electron chi connectivity index (χ0n) is 17.8. The molecule has 1 aliphatic rings. The lowest BCUT2D eigenvalue weighted by atomic mass is 9.85. The van der Waals surface area contributed by atoms with E-state index in [9.17, 15) is 14.7 Å². The van der Waals surface area contributed by atoms with Crippen LogP contribution in [0.1, 0.15) is 31.2 Å². The second-order valence-electron chi connectivity index (χ2n) is 7.94. The van der Waals surface area contributed by atoms with Gasteiger partial charge in [0, 0.05) is 31.0 Å². The molecule has 0 unspecified atom stereocenters. The van der Waals surface area contributed by atoms with Crippen LogP contribution in [-0.2, 0) is 16.0 Å². The molecule has 3 rings (SSSR count). The summed E-state index contributed by atoms with van der Waals surface area (Å²) in [6, 6.07) is 17.1. The maximum atomic E-state index is 12.3. The van der Waals surface area contributed by atoms with Crippen LogP contribution in [-0.4, -0.2) is 48.8 Å². The predicted octanol–water partition coefficient (Wildman–Crippen LogP) is 2.22. The summed E-state index contributed by atoms with van der Waals surface area (Å²) in [5.41, 5.74) is 0.736. The fourth-order valence-corrected chi connectivity index (χ4v) is 3.78. The fraction of sp³-hybridized carbons (Fsp3) is 0.417. The van der Waals surface area contributed by atoms with E-state index in [0.717, 1.165) is 5.56 Å². The average Bonchev–Trinajstić information content (AvgIpc) is 3.16. The van der Waals surface area contributed by atoms with Crippen LogP contribution >= 0.6 is 0 Å². The highest BCUT2D eigenvalue weighted by molar-refractivity contribution is 5.80. The van der Waals surface area contributed by atoms with Gasteiger partial charge in [0.05, 0.1) is 7.11 Å². The third-order valence-corrected chi connectivity index (χ3v) is 5.47. The van der Waals surface area contributed by atoms with E-state index in [1.807, 2.05) is 30.3 Å². The van der Waals surface area contributed by atoms with Crippen molar-refractivity contribution in [1.29, 1.82) is 0 Å². The summed E-state index contributed by atoms with van der Waals surface area (Å²) in [6.07, 6.45) is 1.88. The molecule has 0 radical (unpaired) electrons. The highest BCUT2D eigenvalue weighted by Gasteiger charge is 2.37. The van der Waals surface area contributed by atoms with Crippen molar-refractivity contribution in [2.24, 2.45) is 0 Å². The number of amides is 2. The number of methoxy groups -OCH3 is 1. The molecule has 0 spiro atoms. The number of aliphatic hydroxyl groups excluding tert-OH is 1. The summed E-state index contributed by atoms with van der Waals surface area (Å²) >= 11 is 0. The number of aliphatic hydroxyl groups is 1. The van der Waals surface area contributed by atoms with Gasteiger partial charge < -0.3 is 25.2 Å². The standard InChI is InChI=1S/C24H30N2O5/c1-30-20-8-5-9-21(14-20)31-17-19(27)16-25-22(28)10-12-24(13-11-23(29)26-24)15-18-6-3-2-4-7-18/h2-9,14,19,27H,10-13,15-17H2,1H3,(H,25,28)(H,26,29)/t19-,24+/m1/s1. The summed E-state index contributed by atoms with van der Waals surface area (Å²) < 4.78 is 10.7. The van der Waals surface area contributed by atoms with E-state index >= 15 is 0 Å². The van der Waals surface area contributed by atoms with Gasteiger partial charge in [-0.3, -0.25) is 9.59 Å². The van der Waals surface area contributed by atoms with E-state index in [1.165, 1.54) is 0 Å². The number of carbonyl (C=O) groups is 2. The summed E-state index contributed by atoms with van der Waals surface area (Å²) in [5.74, 6) is 1.13. The Bertz CT molecular complexity index is 873. The van der Waals surface area contributed by atoms with E-state index in [2.05, 4.69) is 10.6 Å². The topological polar surface area (TPSA) is 96.9 Å². The van der Waals surface area contributed by atoms with Gasteiger partial charge in [-0.1, -0.05) is 36.4 Å². The Morgan fingerprint density at radius 3 is 2.68 bits per heavy atom. The Balaban J connectivity index is 1.43. The van der Waals surface area contributed by atoms with E-state index in [-0.39, 0.29) is 31.4 Å². The molecule has 7 heteroatoms. The molecule has 1 saturated heterocycles. The lowest BCUT2D eigenvalue weighted by Crippen LogP contribution is -2.45. The van der Waals surface area contributed by atoms with Crippen molar-refractivity contribution >= 4 is 11.8 Å². The first kappa shape index (κ1) is 22.6. The van der Waals surface area contributed by atoms with Crippen molar-refractivity contribution in [2.45, 2.75) is 43.7 Å². The first-order valence-electron chi connectivity index (χ1n) is 10.5. The summed E-state index contributed by atoms with van der Waals surface area (Å²) in [6.45, 7) is 0.155. The Kier molecular flexibility index (Phi) is 7.89. The van der Waals surface area contributed by atoms with Gasteiger partial charge in [0.1, 0.15) is 24.2 Å². The lowest BCUT2D eigenvalue weighted by Gasteiger charge is -2.29. The van der Waals surface area contributed by atoms with Crippen LogP contribution in [0.3, 0.4) is 0 Å². The van der Waals surface area contributed by atoms with Gasteiger partial charge in [-0.15, -0.1) is 0 Å². The molecular weight excluding hydrogens is 396 g/mol. The zero-order valence-corrected chi connectivity index (χ0v) is 17.8. The molecule has 0 aromatic heterocycles. The monoisotopic (exact) mass is 426 g/mol. The minimum Gasteiger partial charge on any atom is -0.497 e. The smallest absolute Gasteiger partial charge is 0.220 e. The predicted molar refractivity (Wildman–Crippen MR) is 117 cm³/mol. The van der Waals surface area contributed by atoms with Gasteiger partial charge in [0.15, 0.2) is 0 Å². The first-order chi connectivity index (χ1) is 15.0. The molecule has 2 atom stereocenters. The fourth-order valence-electron chi connectivity index (χ4n) is 3.78. The molecule has 1 heterocycles. The number of benzene rings is 2. The highest BCUT2D eigenvalue weighted by Crippen LogP contribution is 2.29. The molecule has 2 amide bonds. The molecule has 0 aliphatic carbocycles. The van der Waals surface area contributed by atoms with Gasteiger partial charge >= 0.3 is 0 Å². The number of carbonyl (C=O) groups excluding carboxylic acids is 2. The molecule has 1 aliphatic heterocycles. The number of ether oxygens (including phenoxy) is 2.